The monoisotopic (exact) mass is 428 g/mol. The summed E-state index contributed by atoms with van der Waals surface area (Å²) in [5, 5.41) is 0. The fourth-order valence-electron chi connectivity index (χ4n) is 4.62. The maximum atomic E-state index is 5.39. The summed E-state index contributed by atoms with van der Waals surface area (Å²) >= 11 is 3.71. The highest BCUT2D eigenvalue weighted by Crippen LogP contribution is 2.32. The van der Waals surface area contributed by atoms with E-state index in [1.165, 1.54) is 60.2 Å². The molecule has 0 aliphatic carbocycles. The van der Waals surface area contributed by atoms with Gasteiger partial charge in [0.1, 0.15) is 5.75 Å². The van der Waals surface area contributed by atoms with Gasteiger partial charge in [-0.3, -0.25) is 0 Å². The fourth-order valence-corrected chi connectivity index (χ4v) is 5.03. The Labute approximate surface area is 171 Å². The summed E-state index contributed by atoms with van der Waals surface area (Å²) in [5.74, 6) is 1.72. The van der Waals surface area contributed by atoms with Crippen LogP contribution >= 0.6 is 15.9 Å². The van der Waals surface area contributed by atoms with Crippen LogP contribution in [0.5, 0.6) is 5.75 Å². The smallest absolute Gasteiger partial charge is 0.119 e. The van der Waals surface area contributed by atoms with E-state index in [1.807, 2.05) is 6.07 Å². The number of piperidine rings is 1. The molecule has 2 aliphatic heterocycles. The third-order valence-corrected chi connectivity index (χ3v) is 7.09. The summed E-state index contributed by atoms with van der Waals surface area (Å²) < 4.78 is 6.60. The van der Waals surface area contributed by atoms with Crippen LogP contribution < -0.4 is 9.64 Å². The summed E-state index contributed by atoms with van der Waals surface area (Å²) in [7, 11) is 3.99. The maximum Gasteiger partial charge on any atom is 0.119 e. The molecular formula is C23H29BrN2O. The predicted molar refractivity (Wildman–Crippen MR) is 116 cm³/mol. The number of anilines is 1. The molecule has 1 atom stereocenters. The van der Waals surface area contributed by atoms with Gasteiger partial charge < -0.3 is 14.5 Å². The van der Waals surface area contributed by atoms with Gasteiger partial charge in [0.05, 0.1) is 7.11 Å². The standard InChI is InChI=1S/C23H29BrN2O/c1-25-20(14-18-5-3-4-6-23(18)25)16-26-11-9-17(10-12-26)13-19-15-21(27-2)7-8-22(19)24/h3-8,15,17,20H,9-14,16H2,1-2H3. The Morgan fingerprint density at radius 3 is 2.63 bits per heavy atom. The van der Waals surface area contributed by atoms with Crippen LogP contribution in [0.1, 0.15) is 24.0 Å². The molecule has 2 heterocycles. The van der Waals surface area contributed by atoms with Crippen LogP contribution in [0.25, 0.3) is 0 Å². The molecule has 2 aromatic rings. The molecule has 0 aromatic heterocycles. The van der Waals surface area contributed by atoms with Crippen molar-refractivity contribution >= 4 is 21.6 Å². The summed E-state index contributed by atoms with van der Waals surface area (Å²) in [6.07, 6.45) is 4.89. The molecule has 0 N–H and O–H groups in total. The molecule has 0 radical (unpaired) electrons. The largest absolute Gasteiger partial charge is 0.497 e. The van der Waals surface area contributed by atoms with Crippen molar-refractivity contribution in [2.24, 2.45) is 5.92 Å². The van der Waals surface area contributed by atoms with Crippen LogP contribution in [0.15, 0.2) is 46.9 Å². The van der Waals surface area contributed by atoms with Crippen LogP contribution in [0.2, 0.25) is 0 Å². The number of rotatable bonds is 5. The van der Waals surface area contributed by atoms with E-state index < -0.39 is 0 Å². The minimum atomic E-state index is 0.617. The number of nitrogens with zero attached hydrogens (tertiary/aromatic N) is 2. The topological polar surface area (TPSA) is 15.7 Å². The average molecular weight is 429 g/mol. The molecule has 2 aromatic carbocycles. The number of benzene rings is 2. The Hall–Kier alpha value is -1.52. The lowest BCUT2D eigenvalue weighted by Crippen LogP contribution is -2.44. The van der Waals surface area contributed by atoms with Gasteiger partial charge in [-0.2, -0.15) is 0 Å². The number of methoxy groups -OCH3 is 1. The van der Waals surface area contributed by atoms with Crippen LogP contribution in [-0.4, -0.2) is 44.7 Å². The fraction of sp³-hybridized carbons (Fsp3) is 0.478. The number of hydrogen-bond donors (Lipinski definition) is 0. The zero-order valence-corrected chi connectivity index (χ0v) is 17.9. The van der Waals surface area contributed by atoms with Gasteiger partial charge >= 0.3 is 0 Å². The summed E-state index contributed by atoms with van der Waals surface area (Å²) in [5.41, 5.74) is 4.29. The van der Waals surface area contributed by atoms with Gasteiger partial charge in [0.15, 0.2) is 0 Å². The number of likely N-dealkylation sites (N-methyl/N-ethyl adjacent to an activating group) is 1. The summed E-state index contributed by atoms with van der Waals surface area (Å²) in [6.45, 7) is 3.61. The lowest BCUT2D eigenvalue weighted by molar-refractivity contribution is 0.175. The first-order chi connectivity index (χ1) is 13.1. The third kappa shape index (κ3) is 4.17. The molecule has 1 unspecified atom stereocenters. The Morgan fingerprint density at radius 2 is 1.89 bits per heavy atom. The zero-order valence-electron chi connectivity index (χ0n) is 16.3. The molecule has 0 spiro atoms. The number of ether oxygens (including phenoxy) is 1. The average Bonchev–Trinajstić information content (AvgIpc) is 3.01. The molecular weight excluding hydrogens is 400 g/mol. The van der Waals surface area contributed by atoms with Gasteiger partial charge in [0, 0.05) is 29.8 Å². The highest BCUT2D eigenvalue weighted by Gasteiger charge is 2.29. The van der Waals surface area contributed by atoms with Gasteiger partial charge in [-0.15, -0.1) is 0 Å². The van der Waals surface area contributed by atoms with Crippen molar-refractivity contribution in [1.29, 1.82) is 0 Å². The van der Waals surface area contributed by atoms with Gasteiger partial charge in [0.25, 0.3) is 0 Å². The SMILES string of the molecule is COc1ccc(Br)c(CC2CCN(CC3Cc4ccccc4N3C)CC2)c1. The van der Waals surface area contributed by atoms with E-state index in [-0.39, 0.29) is 0 Å². The van der Waals surface area contributed by atoms with E-state index in [4.69, 9.17) is 4.74 Å². The first-order valence-corrected chi connectivity index (χ1v) is 10.8. The minimum absolute atomic E-state index is 0.617. The van der Waals surface area contributed by atoms with Gasteiger partial charge in [-0.05, 0) is 80.1 Å². The molecule has 0 saturated carbocycles. The van der Waals surface area contributed by atoms with Crippen molar-refractivity contribution in [2.75, 3.05) is 38.7 Å². The Morgan fingerprint density at radius 1 is 1.11 bits per heavy atom. The summed E-state index contributed by atoms with van der Waals surface area (Å²) in [6, 6.07) is 15.8. The molecule has 4 heteroatoms. The second-order valence-electron chi connectivity index (χ2n) is 8.00. The van der Waals surface area contributed by atoms with Gasteiger partial charge in [-0.25, -0.2) is 0 Å². The quantitative estimate of drug-likeness (QED) is 0.681. The Bertz CT molecular complexity index is 786. The first kappa shape index (κ1) is 18.8. The minimum Gasteiger partial charge on any atom is -0.497 e. The second-order valence-corrected chi connectivity index (χ2v) is 8.86. The van der Waals surface area contributed by atoms with Crippen molar-refractivity contribution in [3.63, 3.8) is 0 Å². The third-order valence-electron chi connectivity index (χ3n) is 6.31. The number of fused-ring (bicyclic) bond motifs is 1. The number of halogens is 1. The number of para-hydroxylation sites is 1. The molecule has 0 bridgehead atoms. The zero-order chi connectivity index (χ0) is 18.8. The van der Waals surface area contributed by atoms with Crippen LogP contribution in [0.4, 0.5) is 5.69 Å². The van der Waals surface area contributed by atoms with Crippen molar-refractivity contribution in [1.82, 2.24) is 4.90 Å². The lowest BCUT2D eigenvalue weighted by Gasteiger charge is -2.35. The molecule has 4 rings (SSSR count). The van der Waals surface area contributed by atoms with E-state index in [9.17, 15) is 0 Å². The van der Waals surface area contributed by atoms with E-state index in [0.29, 0.717) is 6.04 Å². The van der Waals surface area contributed by atoms with E-state index >= 15 is 0 Å². The van der Waals surface area contributed by atoms with Crippen LogP contribution in [-0.2, 0) is 12.8 Å². The van der Waals surface area contributed by atoms with Crippen molar-refractivity contribution in [2.45, 2.75) is 31.7 Å². The van der Waals surface area contributed by atoms with Crippen molar-refractivity contribution in [3.8, 4) is 5.75 Å². The normalized spacial score (nSPS) is 20.7. The summed E-state index contributed by atoms with van der Waals surface area (Å²) in [4.78, 5) is 5.15. The van der Waals surface area contributed by atoms with E-state index in [0.717, 1.165) is 18.1 Å². The molecule has 3 nitrogen and oxygen atoms in total. The molecule has 0 amide bonds. The lowest BCUT2D eigenvalue weighted by atomic mass is 9.90. The van der Waals surface area contributed by atoms with Crippen LogP contribution in [0, 0.1) is 5.92 Å². The molecule has 1 fully saturated rings. The second kappa shape index (κ2) is 8.24. The molecule has 2 aliphatic rings. The Balaban J connectivity index is 1.30. The molecule has 1 saturated heterocycles. The molecule has 27 heavy (non-hydrogen) atoms. The predicted octanol–water partition coefficient (Wildman–Crippen LogP) is 4.77. The van der Waals surface area contributed by atoms with Gasteiger partial charge in [-0.1, -0.05) is 34.1 Å². The van der Waals surface area contributed by atoms with E-state index in [2.05, 4.69) is 69.2 Å². The number of hydrogen-bond acceptors (Lipinski definition) is 3. The number of likely N-dealkylation sites (tertiary alicyclic amines) is 1. The Kier molecular flexibility index (Phi) is 5.74. The van der Waals surface area contributed by atoms with Gasteiger partial charge in [0.2, 0.25) is 0 Å². The highest BCUT2D eigenvalue weighted by molar-refractivity contribution is 9.10. The first-order valence-electron chi connectivity index (χ1n) is 9.99. The maximum absolute atomic E-state index is 5.39. The van der Waals surface area contributed by atoms with Crippen molar-refractivity contribution < 1.29 is 4.74 Å². The molecule has 144 valence electrons. The van der Waals surface area contributed by atoms with Crippen molar-refractivity contribution in [3.05, 3.63) is 58.1 Å². The van der Waals surface area contributed by atoms with Crippen LogP contribution in [0.3, 0.4) is 0 Å². The van der Waals surface area contributed by atoms with E-state index in [1.54, 1.807) is 7.11 Å². The highest BCUT2D eigenvalue weighted by atomic mass is 79.9.